The predicted octanol–water partition coefficient (Wildman–Crippen LogP) is 3.35. The van der Waals surface area contributed by atoms with Crippen molar-refractivity contribution in [2.75, 3.05) is 11.4 Å². The van der Waals surface area contributed by atoms with Crippen LogP contribution in [0.1, 0.15) is 6.42 Å². The van der Waals surface area contributed by atoms with E-state index in [1.807, 2.05) is 0 Å². The summed E-state index contributed by atoms with van der Waals surface area (Å²) >= 11 is 15.0. The molecule has 8 heteroatoms. The van der Waals surface area contributed by atoms with Crippen molar-refractivity contribution in [3.05, 3.63) is 31.7 Å². The quantitative estimate of drug-likeness (QED) is 0.465. The van der Waals surface area contributed by atoms with Gasteiger partial charge in [0, 0.05) is 23.5 Å². The molecule has 18 heavy (non-hydrogen) atoms. The van der Waals surface area contributed by atoms with Gasteiger partial charge in [0.15, 0.2) is 0 Å². The van der Waals surface area contributed by atoms with E-state index in [2.05, 4.69) is 15.9 Å². The first-order valence-corrected chi connectivity index (χ1v) is 6.58. The maximum atomic E-state index is 11.7. The smallest absolute Gasteiger partial charge is 0.295 e. The maximum absolute atomic E-state index is 11.7. The van der Waals surface area contributed by atoms with Gasteiger partial charge in [0.2, 0.25) is 5.91 Å². The van der Waals surface area contributed by atoms with Gasteiger partial charge >= 0.3 is 0 Å². The zero-order chi connectivity index (χ0) is 13.4. The summed E-state index contributed by atoms with van der Waals surface area (Å²) in [5.41, 5.74) is -0.105. The van der Waals surface area contributed by atoms with Crippen molar-refractivity contribution in [1.29, 1.82) is 0 Å². The summed E-state index contributed by atoms with van der Waals surface area (Å²) in [7, 11) is 0. The highest BCUT2D eigenvalue weighted by Gasteiger charge is 2.35. The third kappa shape index (κ3) is 2.46. The first-order valence-electron chi connectivity index (χ1n) is 4.98. The first kappa shape index (κ1) is 13.6. The Labute approximate surface area is 121 Å². The van der Waals surface area contributed by atoms with Crippen LogP contribution >= 0.6 is 39.1 Å². The van der Waals surface area contributed by atoms with E-state index in [9.17, 15) is 14.9 Å². The zero-order valence-electron chi connectivity index (χ0n) is 8.90. The fraction of sp³-hybridized carbons (Fsp3) is 0.300. The molecule has 96 valence electrons. The molecule has 0 spiro atoms. The molecule has 2 rings (SSSR count). The third-order valence-electron chi connectivity index (χ3n) is 2.55. The van der Waals surface area contributed by atoms with Crippen LogP contribution in [0.3, 0.4) is 0 Å². The van der Waals surface area contributed by atoms with Crippen molar-refractivity contribution in [3.8, 4) is 0 Å². The van der Waals surface area contributed by atoms with Gasteiger partial charge in [-0.25, -0.2) is 0 Å². The lowest BCUT2D eigenvalue weighted by molar-refractivity contribution is -0.384. The van der Waals surface area contributed by atoms with E-state index in [1.54, 1.807) is 0 Å². The average molecular weight is 354 g/mol. The van der Waals surface area contributed by atoms with Gasteiger partial charge in [-0.15, -0.1) is 11.6 Å². The highest BCUT2D eigenvalue weighted by molar-refractivity contribution is 9.10. The van der Waals surface area contributed by atoms with E-state index in [-0.39, 0.29) is 40.6 Å². The largest absolute Gasteiger partial charge is 0.304 e. The Bertz CT molecular complexity index is 538. The van der Waals surface area contributed by atoms with Crippen LogP contribution < -0.4 is 4.90 Å². The number of anilines is 1. The second-order valence-corrected chi connectivity index (χ2v) is 5.76. The molecule has 0 bridgehead atoms. The van der Waals surface area contributed by atoms with E-state index < -0.39 is 4.92 Å². The molecule has 1 aliphatic heterocycles. The number of nitro benzene ring substituents is 1. The van der Waals surface area contributed by atoms with Gasteiger partial charge in [-0.1, -0.05) is 27.5 Å². The van der Waals surface area contributed by atoms with Gasteiger partial charge in [0.05, 0.1) is 15.3 Å². The minimum atomic E-state index is -0.569. The molecule has 0 radical (unpaired) electrons. The number of halogens is 3. The van der Waals surface area contributed by atoms with E-state index in [4.69, 9.17) is 23.2 Å². The summed E-state index contributed by atoms with van der Waals surface area (Å²) < 4.78 is 0.483. The third-order valence-corrected chi connectivity index (χ3v) is 3.59. The van der Waals surface area contributed by atoms with Crippen molar-refractivity contribution >= 4 is 56.4 Å². The number of hydrogen-bond acceptors (Lipinski definition) is 3. The highest BCUT2D eigenvalue weighted by Crippen LogP contribution is 2.40. The van der Waals surface area contributed by atoms with Crippen LogP contribution in [0.2, 0.25) is 5.02 Å². The number of hydrogen-bond donors (Lipinski definition) is 0. The second kappa shape index (κ2) is 5.03. The molecule has 1 amide bonds. The van der Waals surface area contributed by atoms with Crippen LogP contribution in [0.5, 0.6) is 0 Å². The molecule has 0 aliphatic carbocycles. The molecule has 1 fully saturated rings. The van der Waals surface area contributed by atoms with Gasteiger partial charge in [0.1, 0.15) is 5.69 Å². The van der Waals surface area contributed by atoms with Crippen LogP contribution in [0.25, 0.3) is 0 Å². The van der Waals surface area contributed by atoms with Crippen molar-refractivity contribution in [1.82, 2.24) is 0 Å². The number of rotatable bonds is 2. The molecule has 1 aromatic rings. The molecule has 1 aromatic carbocycles. The molecule has 1 saturated heterocycles. The van der Waals surface area contributed by atoms with Crippen molar-refractivity contribution < 1.29 is 9.72 Å². The number of amides is 1. The summed E-state index contributed by atoms with van der Waals surface area (Å²) in [5.74, 6) is -0.262. The molecule has 1 heterocycles. The lowest BCUT2D eigenvalue weighted by Gasteiger charge is -2.17. The number of benzene rings is 1. The molecular weight excluding hydrogens is 347 g/mol. The van der Waals surface area contributed by atoms with Crippen LogP contribution in [0.4, 0.5) is 11.4 Å². The lowest BCUT2D eigenvalue weighted by Crippen LogP contribution is -2.25. The monoisotopic (exact) mass is 352 g/mol. The van der Waals surface area contributed by atoms with Gasteiger partial charge in [-0.3, -0.25) is 14.9 Å². The molecule has 5 nitrogen and oxygen atoms in total. The Kier molecular flexibility index (Phi) is 3.79. The predicted molar refractivity (Wildman–Crippen MR) is 72.4 cm³/mol. The first-order chi connectivity index (χ1) is 8.40. The molecule has 1 atom stereocenters. The van der Waals surface area contributed by atoms with Crippen LogP contribution in [-0.2, 0) is 4.79 Å². The van der Waals surface area contributed by atoms with Crippen LogP contribution in [0.15, 0.2) is 16.6 Å². The average Bonchev–Trinajstić information content (AvgIpc) is 2.56. The summed E-state index contributed by atoms with van der Waals surface area (Å²) in [6.07, 6.45) is 0.158. The number of nitrogens with zero attached hydrogens (tertiary/aromatic N) is 2. The van der Waals surface area contributed by atoms with Gasteiger partial charge in [0.25, 0.3) is 5.69 Å². The van der Waals surface area contributed by atoms with E-state index >= 15 is 0 Å². The Morgan fingerprint density at radius 3 is 2.67 bits per heavy atom. The van der Waals surface area contributed by atoms with E-state index in [0.29, 0.717) is 4.47 Å². The number of nitro groups is 1. The Morgan fingerprint density at radius 2 is 2.17 bits per heavy atom. The van der Waals surface area contributed by atoms with Crippen LogP contribution in [0, 0.1) is 10.1 Å². The maximum Gasteiger partial charge on any atom is 0.295 e. The standard InChI is InChI=1S/C10H7BrCl2N2O3/c11-5-1-7(13)10(8(2-5)15(17)18)14-4-6(12)3-9(14)16/h1-2,6H,3-4H2. The molecule has 0 aromatic heterocycles. The van der Waals surface area contributed by atoms with Crippen molar-refractivity contribution in [2.24, 2.45) is 0 Å². The van der Waals surface area contributed by atoms with E-state index in [1.165, 1.54) is 17.0 Å². The van der Waals surface area contributed by atoms with Gasteiger partial charge in [-0.05, 0) is 6.07 Å². The highest BCUT2D eigenvalue weighted by atomic mass is 79.9. The molecule has 1 unspecified atom stereocenters. The second-order valence-electron chi connectivity index (χ2n) is 3.82. The van der Waals surface area contributed by atoms with E-state index in [0.717, 1.165) is 0 Å². The number of alkyl halides is 1. The van der Waals surface area contributed by atoms with Crippen LogP contribution in [-0.4, -0.2) is 22.8 Å². The fourth-order valence-electron chi connectivity index (χ4n) is 1.84. The normalized spacial score (nSPS) is 19.4. The topological polar surface area (TPSA) is 63.5 Å². The summed E-state index contributed by atoms with van der Waals surface area (Å²) in [4.78, 5) is 23.5. The minimum Gasteiger partial charge on any atom is -0.304 e. The Hall–Kier alpha value is -0.850. The Morgan fingerprint density at radius 1 is 1.50 bits per heavy atom. The lowest BCUT2D eigenvalue weighted by atomic mass is 10.2. The number of carbonyl (C=O) groups excluding carboxylic acids is 1. The van der Waals surface area contributed by atoms with Crippen molar-refractivity contribution in [3.63, 3.8) is 0 Å². The molecular formula is C10H7BrCl2N2O3. The van der Waals surface area contributed by atoms with Crippen molar-refractivity contribution in [2.45, 2.75) is 11.8 Å². The minimum absolute atomic E-state index is 0.109. The summed E-state index contributed by atoms with van der Waals surface area (Å²) in [6, 6.07) is 2.83. The molecule has 1 aliphatic rings. The molecule has 0 N–H and O–H groups in total. The molecule has 0 saturated carbocycles. The zero-order valence-corrected chi connectivity index (χ0v) is 12.0. The number of carbonyl (C=O) groups is 1. The Balaban J connectivity index is 2.56. The SMILES string of the molecule is O=C1CC(Cl)CN1c1c(Cl)cc(Br)cc1[N+](=O)[O-]. The summed E-state index contributed by atoms with van der Waals surface area (Å²) in [5, 5.41) is 10.8. The van der Waals surface area contributed by atoms with Gasteiger partial charge < -0.3 is 4.90 Å². The van der Waals surface area contributed by atoms with Gasteiger partial charge in [-0.2, -0.15) is 0 Å². The fourth-order valence-corrected chi connectivity index (χ4v) is 3.00. The summed E-state index contributed by atoms with van der Waals surface area (Å²) in [6.45, 7) is 0.225.